The number of carbonyl (C=O) groups is 2. The number of rotatable bonds is 7. The van der Waals surface area contributed by atoms with Crippen LogP contribution in [0.5, 0.6) is 0 Å². The van der Waals surface area contributed by atoms with E-state index in [4.69, 9.17) is 10.7 Å². The first-order valence-electron chi connectivity index (χ1n) is 9.83. The number of Topliss-reactive ketones (excluding diaryl/α,β-unsaturated/α-hetero) is 1. The van der Waals surface area contributed by atoms with Crippen LogP contribution in [0.15, 0.2) is 6.20 Å². The number of aryl methyl sites for hydroxylation is 1. The molecule has 2 heterocycles. The molecule has 0 amide bonds. The number of carboxylic acids is 1. The van der Waals surface area contributed by atoms with E-state index in [9.17, 15) is 14.7 Å². The highest BCUT2D eigenvalue weighted by atomic mass is 16.4. The van der Waals surface area contributed by atoms with Gasteiger partial charge >= 0.3 is 5.97 Å². The third-order valence-electron chi connectivity index (χ3n) is 5.65. The Labute approximate surface area is 159 Å². The van der Waals surface area contributed by atoms with Gasteiger partial charge in [0.05, 0.1) is 23.4 Å². The first-order valence-corrected chi connectivity index (χ1v) is 9.83. The van der Waals surface area contributed by atoms with Crippen molar-refractivity contribution in [2.75, 3.05) is 5.73 Å². The van der Waals surface area contributed by atoms with Gasteiger partial charge in [0.1, 0.15) is 5.82 Å². The maximum atomic E-state index is 12.3. The Balaban J connectivity index is 1.99. The summed E-state index contributed by atoms with van der Waals surface area (Å²) in [5.74, 6) is -0.769. The van der Waals surface area contributed by atoms with Crippen molar-refractivity contribution in [3.8, 4) is 0 Å². The van der Waals surface area contributed by atoms with E-state index in [1.807, 2.05) is 0 Å². The van der Waals surface area contributed by atoms with Crippen molar-refractivity contribution >= 4 is 23.2 Å². The number of aliphatic carboxylic acids is 1. The average Bonchev–Trinajstić information content (AvgIpc) is 3.05. The summed E-state index contributed by atoms with van der Waals surface area (Å²) in [6, 6.07) is 0. The molecule has 1 fully saturated rings. The number of nitrogens with zero attached hydrogens (tertiary/aromatic N) is 3. The maximum Gasteiger partial charge on any atom is 0.306 e. The van der Waals surface area contributed by atoms with Gasteiger partial charge in [-0.2, -0.15) is 9.61 Å². The molecule has 0 saturated heterocycles. The monoisotopic (exact) mass is 372 g/mol. The van der Waals surface area contributed by atoms with E-state index in [0.29, 0.717) is 42.8 Å². The molecule has 0 atom stereocenters. The van der Waals surface area contributed by atoms with E-state index in [2.05, 4.69) is 12.0 Å². The molecular weight excluding hydrogens is 344 g/mol. The summed E-state index contributed by atoms with van der Waals surface area (Å²) in [7, 11) is 0. The Morgan fingerprint density at radius 1 is 1.26 bits per heavy atom. The van der Waals surface area contributed by atoms with Gasteiger partial charge in [-0.15, -0.1) is 0 Å². The van der Waals surface area contributed by atoms with Crippen LogP contribution >= 0.6 is 0 Å². The summed E-state index contributed by atoms with van der Waals surface area (Å²) < 4.78 is 1.57. The molecule has 7 heteroatoms. The van der Waals surface area contributed by atoms with E-state index in [0.717, 1.165) is 36.9 Å². The van der Waals surface area contributed by atoms with Crippen LogP contribution in [0.25, 0.3) is 5.65 Å². The molecule has 0 aliphatic heterocycles. The summed E-state index contributed by atoms with van der Waals surface area (Å²) in [5, 5.41) is 13.6. The minimum atomic E-state index is -0.739. The highest BCUT2D eigenvalue weighted by molar-refractivity contribution is 6.00. The fraction of sp³-hybridized carbons (Fsp3) is 0.600. The fourth-order valence-corrected chi connectivity index (χ4v) is 4.09. The number of aromatic nitrogens is 3. The minimum Gasteiger partial charge on any atom is -0.481 e. The fourth-order valence-electron chi connectivity index (χ4n) is 4.09. The summed E-state index contributed by atoms with van der Waals surface area (Å²) in [4.78, 5) is 28.4. The SMILES string of the molecule is CCCCCc1cnn2c(N)c(C(C)=O)c([C@H]3CC[C@H](C(=O)O)CC3)nc12. The van der Waals surface area contributed by atoms with Crippen LogP contribution in [0.2, 0.25) is 0 Å². The number of hydrogen-bond donors (Lipinski definition) is 2. The first kappa shape index (κ1) is 19.3. The molecule has 1 saturated carbocycles. The number of anilines is 1. The Kier molecular flexibility index (Phi) is 5.77. The lowest BCUT2D eigenvalue weighted by molar-refractivity contribution is -0.142. The van der Waals surface area contributed by atoms with Gasteiger partial charge < -0.3 is 10.8 Å². The van der Waals surface area contributed by atoms with E-state index in [1.165, 1.54) is 6.92 Å². The second-order valence-corrected chi connectivity index (χ2v) is 7.56. The van der Waals surface area contributed by atoms with Crippen LogP contribution in [0.4, 0.5) is 5.82 Å². The largest absolute Gasteiger partial charge is 0.481 e. The molecule has 7 nitrogen and oxygen atoms in total. The highest BCUT2D eigenvalue weighted by Gasteiger charge is 2.31. The van der Waals surface area contributed by atoms with E-state index in [-0.39, 0.29) is 17.6 Å². The molecule has 3 rings (SSSR count). The second kappa shape index (κ2) is 8.06. The van der Waals surface area contributed by atoms with Gasteiger partial charge in [-0.25, -0.2) is 4.98 Å². The molecule has 1 aliphatic rings. The van der Waals surface area contributed by atoms with Gasteiger partial charge in [0.15, 0.2) is 11.4 Å². The molecule has 1 aliphatic carbocycles. The second-order valence-electron chi connectivity index (χ2n) is 7.56. The Hall–Kier alpha value is -2.44. The molecule has 3 N–H and O–H groups in total. The lowest BCUT2D eigenvalue weighted by Gasteiger charge is -2.27. The van der Waals surface area contributed by atoms with Crippen LogP contribution < -0.4 is 5.73 Å². The Morgan fingerprint density at radius 3 is 2.56 bits per heavy atom. The topological polar surface area (TPSA) is 111 Å². The number of fused-ring (bicyclic) bond motifs is 1. The maximum absolute atomic E-state index is 12.3. The van der Waals surface area contributed by atoms with Gasteiger partial charge in [-0.3, -0.25) is 9.59 Å². The van der Waals surface area contributed by atoms with Crippen LogP contribution in [-0.4, -0.2) is 31.5 Å². The van der Waals surface area contributed by atoms with Crippen molar-refractivity contribution in [3.05, 3.63) is 23.0 Å². The smallest absolute Gasteiger partial charge is 0.306 e. The lowest BCUT2D eigenvalue weighted by Crippen LogP contribution is -2.23. The van der Waals surface area contributed by atoms with Crippen LogP contribution in [0, 0.1) is 5.92 Å². The molecule has 27 heavy (non-hydrogen) atoms. The van der Waals surface area contributed by atoms with Crippen LogP contribution in [-0.2, 0) is 11.2 Å². The van der Waals surface area contributed by atoms with Gasteiger partial charge in [-0.1, -0.05) is 19.8 Å². The first-order chi connectivity index (χ1) is 12.9. The Morgan fingerprint density at radius 2 is 1.96 bits per heavy atom. The molecule has 146 valence electrons. The Bertz CT molecular complexity index is 851. The third-order valence-corrected chi connectivity index (χ3v) is 5.65. The van der Waals surface area contributed by atoms with Crippen molar-refractivity contribution in [3.63, 3.8) is 0 Å². The zero-order valence-corrected chi connectivity index (χ0v) is 16.1. The number of nitrogen functional groups attached to an aromatic ring is 1. The summed E-state index contributed by atoms with van der Waals surface area (Å²) in [6.45, 7) is 3.66. The normalized spacial score (nSPS) is 20.1. The van der Waals surface area contributed by atoms with Crippen molar-refractivity contribution in [1.29, 1.82) is 0 Å². The van der Waals surface area contributed by atoms with Crippen molar-refractivity contribution < 1.29 is 14.7 Å². The summed E-state index contributed by atoms with van der Waals surface area (Å²) in [6.07, 6.45) is 8.65. The number of carboxylic acid groups (broad SMARTS) is 1. The predicted molar refractivity (Wildman–Crippen MR) is 103 cm³/mol. The van der Waals surface area contributed by atoms with Crippen LogP contribution in [0.3, 0.4) is 0 Å². The van der Waals surface area contributed by atoms with E-state index in [1.54, 1.807) is 10.7 Å². The molecule has 2 aromatic heterocycles. The number of nitrogens with two attached hydrogens (primary N) is 1. The molecule has 2 aromatic rings. The van der Waals surface area contributed by atoms with Crippen molar-refractivity contribution in [1.82, 2.24) is 14.6 Å². The number of ketones is 1. The van der Waals surface area contributed by atoms with Crippen molar-refractivity contribution in [2.24, 2.45) is 5.92 Å². The van der Waals surface area contributed by atoms with Gasteiger partial charge in [-0.05, 0) is 45.4 Å². The lowest BCUT2D eigenvalue weighted by atomic mass is 9.79. The van der Waals surface area contributed by atoms with E-state index < -0.39 is 5.97 Å². The van der Waals surface area contributed by atoms with Crippen molar-refractivity contribution in [2.45, 2.75) is 71.1 Å². The average molecular weight is 372 g/mol. The van der Waals surface area contributed by atoms with Gasteiger partial charge in [0.25, 0.3) is 0 Å². The summed E-state index contributed by atoms with van der Waals surface area (Å²) >= 11 is 0. The molecular formula is C20H28N4O3. The summed E-state index contributed by atoms with van der Waals surface area (Å²) in [5.41, 5.74) is 9.24. The predicted octanol–water partition coefficient (Wildman–Crippen LogP) is 3.61. The minimum absolute atomic E-state index is 0.0604. The zero-order valence-electron chi connectivity index (χ0n) is 16.1. The van der Waals surface area contributed by atoms with Crippen LogP contribution in [0.1, 0.15) is 86.3 Å². The molecule has 0 radical (unpaired) electrons. The number of carbonyl (C=O) groups excluding carboxylic acids is 1. The number of hydrogen-bond acceptors (Lipinski definition) is 5. The zero-order chi connectivity index (χ0) is 19.6. The molecule has 0 aromatic carbocycles. The number of unbranched alkanes of at least 4 members (excludes halogenated alkanes) is 2. The van der Waals surface area contributed by atoms with Gasteiger partial charge in [0.2, 0.25) is 0 Å². The van der Waals surface area contributed by atoms with Gasteiger partial charge in [0, 0.05) is 11.5 Å². The third kappa shape index (κ3) is 3.82. The highest BCUT2D eigenvalue weighted by Crippen LogP contribution is 2.38. The molecule has 0 unspecified atom stereocenters. The molecule has 0 spiro atoms. The molecule has 0 bridgehead atoms. The quantitative estimate of drug-likeness (QED) is 0.567. The standard InChI is InChI=1S/C20H28N4O3/c1-3-4-5-6-15-11-22-24-18(21)16(12(2)25)17(23-19(15)24)13-7-9-14(10-8-13)20(26)27/h11,13-14H,3-10,21H2,1-2H3,(H,26,27)/t13-,14-. The van der Waals surface area contributed by atoms with E-state index >= 15 is 0 Å².